The van der Waals surface area contributed by atoms with Crippen molar-refractivity contribution in [3.8, 4) is 0 Å². The van der Waals surface area contributed by atoms with Crippen LogP contribution < -0.4 is 4.72 Å². The number of rotatable bonds is 7. The molecule has 0 aliphatic rings. The van der Waals surface area contributed by atoms with E-state index in [1.54, 1.807) is 51.1 Å². The molecule has 0 spiro atoms. The summed E-state index contributed by atoms with van der Waals surface area (Å²) in [4.78, 5) is 0. The number of alkyl halides is 3. The first kappa shape index (κ1) is 20.9. The number of halogens is 3. The van der Waals surface area contributed by atoms with E-state index in [1.807, 2.05) is 6.92 Å². The second-order valence-corrected chi connectivity index (χ2v) is 8.77. The molecule has 0 aliphatic heterocycles. The summed E-state index contributed by atoms with van der Waals surface area (Å²) in [6.45, 7) is 6.79. The molecular formula is C18H26F3NOS. The van der Waals surface area contributed by atoms with Crippen molar-refractivity contribution >= 4 is 17.1 Å². The second kappa shape index (κ2) is 8.30. The van der Waals surface area contributed by atoms with E-state index < -0.39 is 27.4 Å². The minimum Gasteiger partial charge on any atom is -0.242 e. The summed E-state index contributed by atoms with van der Waals surface area (Å²) in [5.41, 5.74) is -1.64. The number of hydrogen-bond acceptors (Lipinski definition) is 1. The predicted molar refractivity (Wildman–Crippen MR) is 94.8 cm³/mol. The van der Waals surface area contributed by atoms with Crippen LogP contribution >= 0.6 is 0 Å². The van der Waals surface area contributed by atoms with E-state index in [9.17, 15) is 17.4 Å². The summed E-state index contributed by atoms with van der Waals surface area (Å²) < 4.78 is 55.7. The lowest BCUT2D eigenvalue weighted by atomic mass is 9.91. The molecule has 136 valence electrons. The fourth-order valence-corrected chi connectivity index (χ4v) is 2.96. The predicted octanol–water partition coefficient (Wildman–Crippen LogP) is 5.24. The number of benzene rings is 1. The first-order valence-electron chi connectivity index (χ1n) is 8.02. The van der Waals surface area contributed by atoms with Crippen molar-refractivity contribution in [1.29, 1.82) is 0 Å². The van der Waals surface area contributed by atoms with Crippen LogP contribution in [0.2, 0.25) is 0 Å². The lowest BCUT2D eigenvalue weighted by molar-refractivity contribution is -0.177. The molecule has 0 saturated heterocycles. The van der Waals surface area contributed by atoms with Gasteiger partial charge < -0.3 is 0 Å². The molecule has 0 saturated carbocycles. The summed E-state index contributed by atoms with van der Waals surface area (Å²) in [6, 6.07) is 8.80. The Bertz CT molecular complexity index is 564. The minimum atomic E-state index is -4.55. The molecule has 2 atom stereocenters. The highest BCUT2D eigenvalue weighted by Gasteiger charge is 2.54. The Morgan fingerprint density at radius 3 is 2.17 bits per heavy atom. The number of hydrogen-bond donors (Lipinski definition) is 1. The maximum absolute atomic E-state index is 13.9. The molecule has 0 fully saturated rings. The highest BCUT2D eigenvalue weighted by atomic mass is 32.2. The molecule has 1 unspecified atom stereocenters. The van der Waals surface area contributed by atoms with Gasteiger partial charge in [0.2, 0.25) is 0 Å². The van der Waals surface area contributed by atoms with Gasteiger partial charge in [0, 0.05) is 0 Å². The van der Waals surface area contributed by atoms with Crippen molar-refractivity contribution in [3.63, 3.8) is 0 Å². The molecule has 0 bridgehead atoms. The third kappa shape index (κ3) is 5.74. The summed E-state index contributed by atoms with van der Waals surface area (Å²) in [5, 5.41) is 0. The second-order valence-electron chi connectivity index (χ2n) is 6.80. The first-order valence-corrected chi connectivity index (χ1v) is 9.17. The van der Waals surface area contributed by atoms with Gasteiger partial charge in [-0.1, -0.05) is 62.2 Å². The highest BCUT2D eigenvalue weighted by molar-refractivity contribution is 7.84. The SMILES string of the molecule is CCCC[C@](/C=C/c1ccccc1)(NS(=O)C(C)(C)C)C(F)(F)F. The molecule has 6 heteroatoms. The molecular weight excluding hydrogens is 335 g/mol. The molecule has 0 aliphatic carbocycles. The molecule has 0 radical (unpaired) electrons. The monoisotopic (exact) mass is 361 g/mol. The molecule has 1 N–H and O–H groups in total. The molecule has 2 nitrogen and oxygen atoms in total. The van der Waals surface area contributed by atoms with Crippen LogP contribution in [-0.2, 0) is 11.0 Å². The van der Waals surface area contributed by atoms with Crippen molar-refractivity contribution in [3.05, 3.63) is 42.0 Å². The van der Waals surface area contributed by atoms with Crippen molar-refractivity contribution in [1.82, 2.24) is 4.72 Å². The smallest absolute Gasteiger partial charge is 0.242 e. The molecule has 0 amide bonds. The van der Waals surface area contributed by atoms with Crippen LogP contribution in [0.25, 0.3) is 6.08 Å². The Kier molecular flexibility index (Phi) is 7.23. The van der Waals surface area contributed by atoms with Gasteiger partial charge >= 0.3 is 6.18 Å². The van der Waals surface area contributed by atoms with E-state index in [1.165, 1.54) is 6.08 Å². The van der Waals surface area contributed by atoms with Gasteiger partial charge in [-0.25, -0.2) is 8.93 Å². The third-order valence-electron chi connectivity index (χ3n) is 3.62. The average Bonchev–Trinajstić information content (AvgIpc) is 2.48. The quantitative estimate of drug-likeness (QED) is 0.707. The highest BCUT2D eigenvalue weighted by Crippen LogP contribution is 2.37. The minimum absolute atomic E-state index is 0.155. The Morgan fingerprint density at radius 2 is 1.71 bits per heavy atom. The topological polar surface area (TPSA) is 29.1 Å². The lowest BCUT2D eigenvalue weighted by Gasteiger charge is -2.36. The van der Waals surface area contributed by atoms with Crippen LogP contribution in [0, 0.1) is 0 Å². The maximum Gasteiger partial charge on any atom is 0.411 e. The molecule has 1 rings (SSSR count). The Labute approximate surface area is 145 Å². The average molecular weight is 361 g/mol. The van der Waals surface area contributed by atoms with Crippen LogP contribution in [0.15, 0.2) is 36.4 Å². The fourth-order valence-electron chi connectivity index (χ4n) is 2.04. The Morgan fingerprint density at radius 1 is 1.12 bits per heavy atom. The zero-order valence-corrected chi connectivity index (χ0v) is 15.4. The van der Waals surface area contributed by atoms with Gasteiger partial charge in [0.15, 0.2) is 0 Å². The van der Waals surface area contributed by atoms with E-state index in [0.717, 1.165) is 6.08 Å². The zero-order valence-electron chi connectivity index (χ0n) is 14.6. The van der Waals surface area contributed by atoms with E-state index in [2.05, 4.69) is 4.72 Å². The Hall–Kier alpha value is -1.14. The fraction of sp³-hybridized carbons (Fsp3) is 0.556. The molecule has 0 heterocycles. The number of nitrogens with one attached hydrogen (secondary N) is 1. The first-order chi connectivity index (χ1) is 11.0. The van der Waals surface area contributed by atoms with Crippen LogP contribution in [0.3, 0.4) is 0 Å². The van der Waals surface area contributed by atoms with Crippen LogP contribution in [-0.4, -0.2) is 20.7 Å². The largest absolute Gasteiger partial charge is 0.411 e. The van der Waals surface area contributed by atoms with Crippen molar-refractivity contribution in [2.75, 3.05) is 0 Å². The third-order valence-corrected chi connectivity index (χ3v) is 5.28. The van der Waals surface area contributed by atoms with E-state index in [0.29, 0.717) is 18.4 Å². The van der Waals surface area contributed by atoms with Crippen molar-refractivity contribution in [2.45, 2.75) is 63.4 Å². The van der Waals surface area contributed by atoms with E-state index >= 15 is 0 Å². The number of unbranched alkanes of at least 4 members (excludes halogenated alkanes) is 1. The van der Waals surface area contributed by atoms with Gasteiger partial charge in [-0.15, -0.1) is 0 Å². The van der Waals surface area contributed by atoms with Gasteiger partial charge in [-0.2, -0.15) is 13.2 Å². The molecule has 1 aromatic carbocycles. The zero-order chi connectivity index (χ0) is 18.4. The normalized spacial score (nSPS) is 17.0. The summed E-state index contributed by atoms with van der Waals surface area (Å²) in [6.07, 6.45) is -1.14. The van der Waals surface area contributed by atoms with Gasteiger partial charge in [-0.3, -0.25) is 0 Å². The van der Waals surface area contributed by atoms with E-state index in [4.69, 9.17) is 0 Å². The molecule has 0 aromatic heterocycles. The van der Waals surface area contributed by atoms with Gasteiger partial charge in [0.25, 0.3) is 0 Å². The maximum atomic E-state index is 13.9. The van der Waals surface area contributed by atoms with E-state index in [-0.39, 0.29) is 6.42 Å². The van der Waals surface area contributed by atoms with Crippen LogP contribution in [0.4, 0.5) is 13.2 Å². The lowest BCUT2D eigenvalue weighted by Crippen LogP contribution is -2.58. The summed E-state index contributed by atoms with van der Waals surface area (Å²) >= 11 is 0. The van der Waals surface area contributed by atoms with Gasteiger partial charge in [0.1, 0.15) is 5.54 Å². The van der Waals surface area contributed by atoms with Gasteiger partial charge in [-0.05, 0) is 32.8 Å². The van der Waals surface area contributed by atoms with Crippen molar-refractivity contribution < 1.29 is 17.4 Å². The molecule has 1 aromatic rings. The summed E-state index contributed by atoms with van der Waals surface area (Å²) in [7, 11) is -1.84. The standard InChI is InChI=1S/C18H26F3NOS/c1-5-6-13-17(18(19,20)21,22-24(23)16(2,3)4)14-12-15-10-8-7-9-11-15/h7-12,14,22H,5-6,13H2,1-4H3/b14-12+/t17-,24?/m1/s1. The van der Waals surface area contributed by atoms with Crippen molar-refractivity contribution in [2.24, 2.45) is 0 Å². The van der Waals surface area contributed by atoms with Gasteiger partial charge in [0.05, 0.1) is 15.7 Å². The summed E-state index contributed by atoms with van der Waals surface area (Å²) in [5.74, 6) is 0. The Balaban J connectivity index is 3.25. The van der Waals surface area contributed by atoms with Crippen LogP contribution in [0.1, 0.15) is 52.5 Å². The van der Waals surface area contributed by atoms with Crippen LogP contribution in [0.5, 0.6) is 0 Å². The molecule has 24 heavy (non-hydrogen) atoms.